The van der Waals surface area contributed by atoms with Gasteiger partial charge in [0.1, 0.15) is 0 Å². The fourth-order valence-corrected chi connectivity index (χ4v) is 3.40. The van der Waals surface area contributed by atoms with E-state index < -0.39 is 0 Å². The van der Waals surface area contributed by atoms with Gasteiger partial charge >= 0.3 is 0 Å². The fourth-order valence-electron chi connectivity index (χ4n) is 2.50. The number of anilines is 1. The monoisotopic (exact) mass is 255 g/mol. The highest BCUT2D eigenvalue weighted by molar-refractivity contribution is 7.99. The Hall–Kier alpha value is -1.41. The Morgan fingerprint density at radius 3 is 2.67 bits per heavy atom. The molecule has 0 radical (unpaired) electrons. The average molecular weight is 255 g/mol. The number of fused-ring (bicyclic) bond motifs is 1. The van der Waals surface area contributed by atoms with Gasteiger partial charge in [0.15, 0.2) is 0 Å². The molecule has 3 rings (SSSR count). The fraction of sp³-hybridized carbons (Fsp3) is 0.250. The number of benzene rings is 2. The van der Waals surface area contributed by atoms with Crippen LogP contribution in [0.4, 0.5) is 5.69 Å². The molecule has 2 aromatic carbocycles. The lowest BCUT2D eigenvalue weighted by Gasteiger charge is -2.08. The first-order valence-corrected chi connectivity index (χ1v) is 7.20. The molecular formula is C16H17NS. The van der Waals surface area contributed by atoms with Gasteiger partial charge in [-0.25, -0.2) is 0 Å². The summed E-state index contributed by atoms with van der Waals surface area (Å²) in [4.78, 5) is 2.45. The minimum Gasteiger partial charge on any atom is -0.398 e. The van der Waals surface area contributed by atoms with Crippen molar-refractivity contribution in [1.29, 1.82) is 0 Å². The van der Waals surface area contributed by atoms with E-state index in [0.717, 1.165) is 10.6 Å². The van der Waals surface area contributed by atoms with Gasteiger partial charge in [-0.05, 0) is 67.1 Å². The van der Waals surface area contributed by atoms with E-state index >= 15 is 0 Å². The standard InChI is InChI=1S/C16H17NS/c1-11-5-8-16(15(17)9-11)18-14-7-6-12-3-2-4-13(12)10-14/h5-10H,2-4,17H2,1H3. The second kappa shape index (κ2) is 4.69. The van der Waals surface area contributed by atoms with Crippen molar-refractivity contribution in [3.8, 4) is 0 Å². The van der Waals surface area contributed by atoms with Crippen LogP contribution in [0.15, 0.2) is 46.2 Å². The van der Waals surface area contributed by atoms with Crippen LogP contribution in [-0.2, 0) is 12.8 Å². The van der Waals surface area contributed by atoms with E-state index in [2.05, 4.69) is 37.3 Å². The number of nitrogens with two attached hydrogens (primary N) is 1. The van der Waals surface area contributed by atoms with Gasteiger partial charge in [-0.3, -0.25) is 0 Å². The molecule has 2 aromatic rings. The SMILES string of the molecule is Cc1ccc(Sc2ccc3c(c2)CCC3)c(N)c1. The van der Waals surface area contributed by atoms with E-state index in [9.17, 15) is 0 Å². The summed E-state index contributed by atoms with van der Waals surface area (Å²) in [6, 6.07) is 13.1. The van der Waals surface area contributed by atoms with Crippen molar-refractivity contribution in [2.45, 2.75) is 36.0 Å². The summed E-state index contributed by atoms with van der Waals surface area (Å²) in [5.74, 6) is 0. The second-order valence-corrected chi connectivity index (χ2v) is 6.04. The average Bonchev–Trinajstić information content (AvgIpc) is 2.80. The van der Waals surface area contributed by atoms with Crippen molar-refractivity contribution in [1.82, 2.24) is 0 Å². The normalized spacial score (nSPS) is 13.6. The predicted octanol–water partition coefficient (Wildman–Crippen LogP) is 4.22. The van der Waals surface area contributed by atoms with Gasteiger partial charge in [0.25, 0.3) is 0 Å². The summed E-state index contributed by atoms with van der Waals surface area (Å²) in [6.45, 7) is 2.07. The van der Waals surface area contributed by atoms with Gasteiger partial charge in [0, 0.05) is 15.5 Å². The number of hydrogen-bond donors (Lipinski definition) is 1. The molecule has 0 fully saturated rings. The number of rotatable bonds is 2. The van der Waals surface area contributed by atoms with E-state index in [4.69, 9.17) is 5.73 Å². The largest absolute Gasteiger partial charge is 0.398 e. The van der Waals surface area contributed by atoms with Gasteiger partial charge in [-0.1, -0.05) is 23.9 Å². The predicted molar refractivity (Wildman–Crippen MR) is 78.2 cm³/mol. The molecule has 0 amide bonds. The van der Waals surface area contributed by atoms with Crippen LogP contribution in [0.2, 0.25) is 0 Å². The summed E-state index contributed by atoms with van der Waals surface area (Å²) >= 11 is 1.76. The first-order valence-electron chi connectivity index (χ1n) is 6.38. The van der Waals surface area contributed by atoms with Crippen molar-refractivity contribution >= 4 is 17.4 Å². The van der Waals surface area contributed by atoms with Gasteiger partial charge in [-0.15, -0.1) is 0 Å². The van der Waals surface area contributed by atoms with Gasteiger partial charge in [0.05, 0.1) is 0 Å². The van der Waals surface area contributed by atoms with E-state index in [1.165, 1.54) is 40.8 Å². The highest BCUT2D eigenvalue weighted by Gasteiger charge is 2.11. The molecule has 92 valence electrons. The topological polar surface area (TPSA) is 26.0 Å². The second-order valence-electron chi connectivity index (χ2n) is 4.93. The third-order valence-electron chi connectivity index (χ3n) is 3.46. The van der Waals surface area contributed by atoms with E-state index in [0.29, 0.717) is 0 Å². The lowest BCUT2D eigenvalue weighted by molar-refractivity contribution is 0.911. The Balaban J connectivity index is 1.88. The smallest absolute Gasteiger partial charge is 0.0458 e. The Bertz CT molecular complexity index is 590. The highest BCUT2D eigenvalue weighted by Crippen LogP contribution is 2.35. The van der Waals surface area contributed by atoms with Crippen molar-refractivity contribution in [2.24, 2.45) is 0 Å². The van der Waals surface area contributed by atoms with Crippen LogP contribution in [-0.4, -0.2) is 0 Å². The molecule has 0 bridgehead atoms. The molecule has 0 unspecified atom stereocenters. The molecule has 1 aliphatic carbocycles. The van der Waals surface area contributed by atoms with Crippen LogP contribution in [0.25, 0.3) is 0 Å². The number of aryl methyl sites for hydroxylation is 3. The minimum atomic E-state index is 0.875. The van der Waals surface area contributed by atoms with E-state index in [1.807, 2.05) is 6.07 Å². The summed E-state index contributed by atoms with van der Waals surface area (Å²) < 4.78 is 0. The van der Waals surface area contributed by atoms with Gasteiger partial charge < -0.3 is 5.73 Å². The van der Waals surface area contributed by atoms with Gasteiger partial charge in [-0.2, -0.15) is 0 Å². The molecule has 0 aromatic heterocycles. The van der Waals surface area contributed by atoms with Crippen molar-refractivity contribution in [2.75, 3.05) is 5.73 Å². The maximum Gasteiger partial charge on any atom is 0.0458 e. The zero-order valence-electron chi connectivity index (χ0n) is 10.6. The molecule has 0 saturated carbocycles. The summed E-state index contributed by atoms with van der Waals surface area (Å²) in [7, 11) is 0. The Labute approximate surface area is 112 Å². The van der Waals surface area contributed by atoms with Crippen LogP contribution < -0.4 is 5.73 Å². The number of nitrogen functional groups attached to an aromatic ring is 1. The quantitative estimate of drug-likeness (QED) is 0.813. The molecule has 0 atom stereocenters. The minimum absolute atomic E-state index is 0.875. The lowest BCUT2D eigenvalue weighted by Crippen LogP contribution is -1.89. The summed E-state index contributed by atoms with van der Waals surface area (Å²) in [6.07, 6.45) is 3.77. The van der Waals surface area contributed by atoms with E-state index in [-0.39, 0.29) is 0 Å². The molecule has 1 aliphatic rings. The first kappa shape index (κ1) is 11.7. The van der Waals surface area contributed by atoms with Crippen LogP contribution in [0.5, 0.6) is 0 Å². The summed E-state index contributed by atoms with van der Waals surface area (Å²) in [5, 5.41) is 0. The Morgan fingerprint density at radius 1 is 1.00 bits per heavy atom. The highest BCUT2D eigenvalue weighted by atomic mass is 32.2. The zero-order chi connectivity index (χ0) is 12.5. The Morgan fingerprint density at radius 2 is 1.83 bits per heavy atom. The molecule has 2 N–H and O–H groups in total. The first-order chi connectivity index (χ1) is 8.72. The van der Waals surface area contributed by atoms with Crippen molar-refractivity contribution in [3.05, 3.63) is 53.1 Å². The molecular weight excluding hydrogens is 238 g/mol. The molecule has 0 spiro atoms. The van der Waals surface area contributed by atoms with E-state index in [1.54, 1.807) is 11.8 Å². The Kier molecular flexibility index (Phi) is 3.04. The summed E-state index contributed by atoms with van der Waals surface area (Å²) in [5.41, 5.74) is 11.2. The molecule has 0 aliphatic heterocycles. The maximum absolute atomic E-state index is 6.06. The molecule has 0 heterocycles. The molecule has 1 nitrogen and oxygen atoms in total. The van der Waals surface area contributed by atoms with Crippen LogP contribution in [0.3, 0.4) is 0 Å². The molecule has 0 saturated heterocycles. The third-order valence-corrected chi connectivity index (χ3v) is 4.54. The van der Waals surface area contributed by atoms with Crippen LogP contribution in [0, 0.1) is 6.92 Å². The lowest BCUT2D eigenvalue weighted by atomic mass is 10.1. The molecule has 18 heavy (non-hydrogen) atoms. The van der Waals surface area contributed by atoms with Gasteiger partial charge in [0.2, 0.25) is 0 Å². The van der Waals surface area contributed by atoms with Crippen LogP contribution in [0.1, 0.15) is 23.1 Å². The zero-order valence-corrected chi connectivity index (χ0v) is 11.4. The maximum atomic E-state index is 6.06. The third kappa shape index (κ3) is 2.25. The molecule has 2 heteroatoms. The number of hydrogen-bond acceptors (Lipinski definition) is 2. The van der Waals surface area contributed by atoms with Crippen LogP contribution >= 0.6 is 11.8 Å². The van der Waals surface area contributed by atoms with Crippen molar-refractivity contribution in [3.63, 3.8) is 0 Å². The van der Waals surface area contributed by atoms with Crippen molar-refractivity contribution < 1.29 is 0 Å².